The summed E-state index contributed by atoms with van der Waals surface area (Å²) < 4.78 is 24.5. The Morgan fingerprint density at radius 3 is 2.03 bits per heavy atom. The lowest BCUT2D eigenvalue weighted by Gasteiger charge is -2.25. The summed E-state index contributed by atoms with van der Waals surface area (Å²) in [6.07, 6.45) is 4.28. The normalized spacial score (nSPS) is 16.7. The smallest absolute Gasteiger partial charge is 0.260 e. The number of methoxy groups -OCH3 is 2. The van der Waals surface area contributed by atoms with E-state index in [0.29, 0.717) is 77.2 Å². The minimum atomic E-state index is -0.242. The van der Waals surface area contributed by atoms with Gasteiger partial charge in [-0.1, -0.05) is 58.0 Å². The topological polar surface area (TPSA) is 163 Å². The SMILES string of the molecule is CC=NNC(=O)CCSSC(C)(C)CCC(=O)Nc1cc(COc2cc3c(cc2OC)C(=O)N2c4ccccc4C[C@H]2CN3)cc(COc2cc3c(cc2OC)C(=O)N2c4ccccc4C[C@H]2CN3C)c1. The van der Waals surface area contributed by atoms with E-state index >= 15 is 0 Å². The zero-order valence-electron chi connectivity index (χ0n) is 40.8. The number of amides is 4. The highest BCUT2D eigenvalue weighted by Gasteiger charge is 2.40. The van der Waals surface area contributed by atoms with Gasteiger partial charge in [0.2, 0.25) is 11.8 Å². The zero-order chi connectivity index (χ0) is 49.8. The number of para-hydroxylation sites is 2. The van der Waals surface area contributed by atoms with Crippen molar-refractivity contribution in [3.63, 3.8) is 0 Å². The maximum Gasteiger partial charge on any atom is 0.260 e. The monoisotopic (exact) mass is 997 g/mol. The quantitative estimate of drug-likeness (QED) is 0.0331. The van der Waals surface area contributed by atoms with Gasteiger partial charge in [0.05, 0.1) is 48.8 Å². The average molecular weight is 998 g/mol. The molecule has 2 atom stereocenters. The number of carbonyl (C=O) groups excluding carboxylic acids is 4. The van der Waals surface area contributed by atoms with Gasteiger partial charge in [0.1, 0.15) is 13.2 Å². The molecule has 0 saturated carbocycles. The van der Waals surface area contributed by atoms with Gasteiger partial charge < -0.3 is 44.3 Å². The molecule has 0 fully saturated rings. The molecule has 0 aliphatic carbocycles. The van der Waals surface area contributed by atoms with E-state index < -0.39 is 0 Å². The molecule has 370 valence electrons. The molecular formula is C54H59N7O8S2. The Hall–Kier alpha value is -6.85. The maximum absolute atomic E-state index is 14.3. The molecule has 71 heavy (non-hydrogen) atoms. The molecule has 9 rings (SSSR count). The predicted molar refractivity (Wildman–Crippen MR) is 283 cm³/mol. The second kappa shape index (κ2) is 21.2. The Bertz CT molecular complexity index is 2890. The van der Waals surface area contributed by atoms with Crippen molar-refractivity contribution in [2.24, 2.45) is 5.10 Å². The van der Waals surface area contributed by atoms with Gasteiger partial charge in [-0.25, -0.2) is 5.43 Å². The molecule has 4 aliphatic rings. The van der Waals surface area contributed by atoms with E-state index in [1.54, 1.807) is 54.9 Å². The van der Waals surface area contributed by atoms with Crippen LogP contribution < -0.4 is 49.7 Å². The van der Waals surface area contributed by atoms with Gasteiger partial charge >= 0.3 is 0 Å². The van der Waals surface area contributed by atoms with Crippen LogP contribution in [0.1, 0.15) is 83.0 Å². The van der Waals surface area contributed by atoms with Crippen molar-refractivity contribution in [3.05, 3.63) is 124 Å². The minimum Gasteiger partial charge on any atom is -0.493 e. The Morgan fingerprint density at radius 2 is 1.37 bits per heavy atom. The molecule has 5 aromatic rings. The van der Waals surface area contributed by atoms with E-state index in [-0.39, 0.29) is 60.1 Å². The number of hydrogen-bond donors (Lipinski definition) is 3. The number of fused-ring (bicyclic) bond motifs is 8. The summed E-state index contributed by atoms with van der Waals surface area (Å²) in [5.74, 6) is 1.89. The van der Waals surface area contributed by atoms with Gasteiger partial charge in [-0.15, -0.1) is 0 Å². The van der Waals surface area contributed by atoms with Crippen LogP contribution in [0.2, 0.25) is 0 Å². The van der Waals surface area contributed by atoms with Crippen molar-refractivity contribution in [1.82, 2.24) is 5.43 Å². The summed E-state index contributed by atoms with van der Waals surface area (Å²) in [4.78, 5) is 59.9. The molecule has 0 unspecified atom stereocenters. The van der Waals surface area contributed by atoms with E-state index in [9.17, 15) is 19.2 Å². The van der Waals surface area contributed by atoms with Crippen molar-refractivity contribution in [3.8, 4) is 23.0 Å². The van der Waals surface area contributed by atoms with Gasteiger partial charge in [0.25, 0.3) is 11.8 Å². The molecule has 0 radical (unpaired) electrons. The zero-order valence-corrected chi connectivity index (χ0v) is 42.5. The lowest BCUT2D eigenvalue weighted by Crippen LogP contribution is -2.41. The van der Waals surface area contributed by atoms with Crippen LogP contribution in [0.5, 0.6) is 23.0 Å². The van der Waals surface area contributed by atoms with E-state index in [1.165, 1.54) is 6.21 Å². The standard InChI is InChI=1S/C54H59N7O8S2/c1-7-56-58-51(63)17-19-70-71-54(2,3)18-16-50(62)57-37-21-33(31-68-48-27-42-40(25-46(48)66-5)52(64)60-38(29-55-42)23-35-12-8-10-14-43(35)60)20-34(22-37)32-69-49-28-45-41(26-47(49)67-6)53(65)61-39(30-59(45)4)24-36-13-9-11-15-44(36)61/h7-15,20-22,25-28,38-39,55H,16-19,23-24,29-32H2,1-6H3,(H,57,62)(H,58,63)/t38-,39-/m0/s1. The van der Waals surface area contributed by atoms with Crippen molar-refractivity contribution < 1.29 is 38.1 Å². The van der Waals surface area contributed by atoms with E-state index in [2.05, 4.69) is 52.0 Å². The lowest BCUT2D eigenvalue weighted by molar-refractivity contribution is -0.120. The Kier molecular flexibility index (Phi) is 14.7. The van der Waals surface area contributed by atoms with Gasteiger partial charge in [-0.05, 0) is 105 Å². The molecule has 0 saturated heterocycles. The fourth-order valence-electron chi connectivity index (χ4n) is 9.68. The second-order valence-corrected chi connectivity index (χ2v) is 21.8. The molecule has 5 aromatic carbocycles. The van der Waals surface area contributed by atoms with Crippen LogP contribution in [0.4, 0.5) is 28.4 Å². The van der Waals surface area contributed by atoms with Gasteiger partial charge in [0, 0.05) is 78.9 Å². The van der Waals surface area contributed by atoms with Crippen LogP contribution in [-0.4, -0.2) is 86.8 Å². The third-order valence-electron chi connectivity index (χ3n) is 13.1. The Morgan fingerprint density at radius 1 is 0.761 bits per heavy atom. The first kappa shape index (κ1) is 49.1. The predicted octanol–water partition coefficient (Wildman–Crippen LogP) is 9.27. The molecule has 0 bridgehead atoms. The molecule has 4 amide bonds. The maximum atomic E-state index is 14.3. The van der Waals surface area contributed by atoms with E-state index in [4.69, 9.17) is 18.9 Å². The summed E-state index contributed by atoms with van der Waals surface area (Å²) in [5, 5.41) is 10.4. The van der Waals surface area contributed by atoms with Crippen LogP contribution in [0.25, 0.3) is 0 Å². The first-order valence-electron chi connectivity index (χ1n) is 23.8. The molecule has 4 heterocycles. The van der Waals surface area contributed by atoms with Crippen LogP contribution in [0.3, 0.4) is 0 Å². The first-order valence-corrected chi connectivity index (χ1v) is 26.1. The number of nitrogens with one attached hydrogen (secondary N) is 3. The number of rotatable bonds is 18. The summed E-state index contributed by atoms with van der Waals surface area (Å²) in [7, 11) is 8.35. The number of ether oxygens (including phenoxy) is 4. The number of likely N-dealkylation sites (N-methyl/N-ethyl adjacent to an activating group) is 1. The highest BCUT2D eigenvalue weighted by atomic mass is 33.1. The molecule has 17 heteroatoms. The van der Waals surface area contributed by atoms with Crippen molar-refractivity contribution in [2.75, 3.05) is 65.4 Å². The van der Waals surface area contributed by atoms with E-state index in [1.807, 2.05) is 83.6 Å². The second-order valence-electron chi connectivity index (χ2n) is 18.7. The third kappa shape index (κ3) is 10.8. The molecule has 15 nitrogen and oxygen atoms in total. The molecule has 0 aromatic heterocycles. The van der Waals surface area contributed by atoms with Crippen molar-refractivity contribution >= 4 is 79.9 Å². The molecule has 4 aliphatic heterocycles. The van der Waals surface area contributed by atoms with Gasteiger partial charge in [0.15, 0.2) is 23.0 Å². The number of nitrogens with zero attached hydrogens (tertiary/aromatic N) is 4. The van der Waals surface area contributed by atoms with Crippen molar-refractivity contribution in [2.45, 2.75) is 82.9 Å². The molecular weight excluding hydrogens is 939 g/mol. The number of carbonyl (C=O) groups is 4. The van der Waals surface area contributed by atoms with Crippen LogP contribution in [0, 0.1) is 0 Å². The fraction of sp³-hybridized carbons (Fsp3) is 0.352. The number of hydrazone groups is 1. The highest BCUT2D eigenvalue weighted by molar-refractivity contribution is 8.77. The summed E-state index contributed by atoms with van der Waals surface area (Å²) in [5.41, 5.74) is 11.2. The number of hydrogen-bond acceptors (Lipinski definition) is 13. The van der Waals surface area contributed by atoms with E-state index in [0.717, 1.165) is 52.2 Å². The number of benzene rings is 5. The largest absolute Gasteiger partial charge is 0.493 e. The molecule has 3 N–H and O–H groups in total. The molecule has 0 spiro atoms. The van der Waals surface area contributed by atoms with Gasteiger partial charge in [-0.2, -0.15) is 5.10 Å². The summed E-state index contributed by atoms with van der Waals surface area (Å²) in [6, 6.07) is 29.0. The summed E-state index contributed by atoms with van der Waals surface area (Å²) in [6.45, 7) is 7.33. The van der Waals surface area contributed by atoms with Crippen LogP contribution >= 0.6 is 21.6 Å². The van der Waals surface area contributed by atoms with Crippen molar-refractivity contribution in [1.29, 1.82) is 0 Å². The first-order chi connectivity index (χ1) is 34.3. The van der Waals surface area contributed by atoms with Crippen LogP contribution in [0.15, 0.2) is 96.1 Å². The Labute approximate surface area is 422 Å². The third-order valence-corrected chi connectivity index (χ3v) is 16.5. The summed E-state index contributed by atoms with van der Waals surface area (Å²) >= 11 is 0. The Balaban J connectivity index is 0.938. The van der Waals surface area contributed by atoms with Gasteiger partial charge in [-0.3, -0.25) is 19.2 Å². The lowest BCUT2D eigenvalue weighted by atomic mass is 10.1. The average Bonchev–Trinajstić information content (AvgIpc) is 3.87. The van der Waals surface area contributed by atoms with Crippen LogP contribution in [-0.2, 0) is 35.6 Å². The minimum absolute atomic E-state index is 0.0128. The fourth-order valence-corrected chi connectivity index (χ4v) is 12.2. The highest BCUT2D eigenvalue weighted by Crippen LogP contribution is 2.44. The number of anilines is 5.